The molecule has 30 heavy (non-hydrogen) atoms. The van der Waals surface area contributed by atoms with E-state index >= 15 is 0 Å². The first kappa shape index (κ1) is 22.9. The topological polar surface area (TPSA) is 99.0 Å². The van der Waals surface area contributed by atoms with Gasteiger partial charge in [-0.2, -0.15) is 4.31 Å². The maximum Gasteiger partial charge on any atom is 0.293 e. The molecule has 168 valence electrons. The Morgan fingerprint density at radius 3 is 2.37 bits per heavy atom. The van der Waals surface area contributed by atoms with Crippen LogP contribution in [0.15, 0.2) is 23.1 Å². The van der Waals surface area contributed by atoms with Crippen molar-refractivity contribution >= 4 is 21.4 Å². The van der Waals surface area contributed by atoms with E-state index in [4.69, 9.17) is 0 Å². The number of piperidine rings is 1. The largest absolute Gasteiger partial charge is 0.378 e. The van der Waals surface area contributed by atoms with E-state index in [1.807, 2.05) is 7.05 Å². The van der Waals surface area contributed by atoms with Crippen LogP contribution >= 0.6 is 0 Å². The zero-order valence-corrected chi connectivity index (χ0v) is 18.9. The average Bonchev–Trinajstić information content (AvgIpc) is 2.67. The number of likely N-dealkylation sites (tertiary alicyclic amines) is 1. The minimum absolute atomic E-state index is 0.0250. The fourth-order valence-electron chi connectivity index (χ4n) is 4.47. The molecular weight excluding hydrogens is 406 g/mol. The van der Waals surface area contributed by atoms with Crippen molar-refractivity contribution in [3.05, 3.63) is 28.3 Å². The molecule has 2 fully saturated rings. The molecule has 0 aliphatic carbocycles. The molecule has 2 saturated heterocycles. The Kier molecular flexibility index (Phi) is 7.33. The third kappa shape index (κ3) is 5.48. The van der Waals surface area contributed by atoms with Crippen molar-refractivity contribution in [2.75, 3.05) is 64.7 Å². The van der Waals surface area contributed by atoms with Gasteiger partial charge < -0.3 is 15.1 Å². The Morgan fingerprint density at radius 2 is 1.77 bits per heavy atom. The summed E-state index contributed by atoms with van der Waals surface area (Å²) in [7, 11) is -1.80. The Bertz CT molecular complexity index is 845. The lowest BCUT2D eigenvalue weighted by Crippen LogP contribution is -2.47. The predicted molar refractivity (Wildman–Crippen MR) is 117 cm³/mol. The minimum Gasteiger partial charge on any atom is -0.378 e. The maximum absolute atomic E-state index is 12.9. The molecule has 2 atom stereocenters. The number of sulfonamides is 1. The van der Waals surface area contributed by atoms with Crippen LogP contribution in [0.3, 0.4) is 0 Å². The van der Waals surface area contributed by atoms with Gasteiger partial charge in [-0.1, -0.05) is 13.8 Å². The van der Waals surface area contributed by atoms with Gasteiger partial charge in [-0.05, 0) is 37.4 Å². The lowest BCUT2D eigenvalue weighted by Gasteiger charge is -2.35. The number of benzene rings is 1. The summed E-state index contributed by atoms with van der Waals surface area (Å²) in [5.41, 5.74) is 0.154. The van der Waals surface area contributed by atoms with Crippen molar-refractivity contribution in [2.24, 2.45) is 11.8 Å². The first-order valence-corrected chi connectivity index (χ1v) is 12.0. The highest BCUT2D eigenvalue weighted by atomic mass is 32.2. The van der Waals surface area contributed by atoms with Gasteiger partial charge in [-0.3, -0.25) is 10.1 Å². The molecule has 0 saturated carbocycles. The quantitative estimate of drug-likeness (QED) is 0.512. The van der Waals surface area contributed by atoms with Crippen LogP contribution in [-0.4, -0.2) is 86.9 Å². The molecule has 2 heterocycles. The molecule has 2 aliphatic rings. The summed E-state index contributed by atoms with van der Waals surface area (Å²) < 4.78 is 27.2. The number of likely N-dealkylation sites (N-methyl/N-ethyl adjacent to an activating group) is 1. The van der Waals surface area contributed by atoms with Crippen molar-refractivity contribution in [3.63, 3.8) is 0 Å². The molecule has 0 unspecified atom stereocenters. The highest BCUT2D eigenvalue weighted by Crippen LogP contribution is 2.29. The molecule has 2 aliphatic heterocycles. The number of nitrogens with one attached hydrogen (secondary N) is 1. The molecule has 1 aromatic carbocycles. The molecule has 0 spiro atoms. The van der Waals surface area contributed by atoms with Crippen molar-refractivity contribution in [1.82, 2.24) is 14.1 Å². The maximum atomic E-state index is 12.9. The number of hydrogen-bond acceptors (Lipinski definition) is 7. The summed E-state index contributed by atoms with van der Waals surface area (Å²) in [5.74, 6) is 1.31. The third-order valence-corrected chi connectivity index (χ3v) is 7.85. The molecule has 9 nitrogen and oxygen atoms in total. The molecule has 1 N–H and O–H groups in total. The van der Waals surface area contributed by atoms with Gasteiger partial charge in [0.25, 0.3) is 5.69 Å². The Hall–Kier alpha value is -1.75. The molecule has 0 bridgehead atoms. The molecule has 0 amide bonds. The normalized spacial score (nSPS) is 24.6. The van der Waals surface area contributed by atoms with Crippen LogP contribution < -0.4 is 5.32 Å². The first-order chi connectivity index (χ1) is 14.2. The van der Waals surface area contributed by atoms with Gasteiger partial charge in [-0.15, -0.1) is 0 Å². The van der Waals surface area contributed by atoms with Gasteiger partial charge in [0, 0.05) is 58.4 Å². The SMILES string of the molecule is C[C@@H]1C[C@H](C)CN(CCNc2ccc(S(=O)(=O)N3CCN(C)CC3)cc2[N+](=O)[O-])C1. The van der Waals surface area contributed by atoms with Crippen LogP contribution in [0.4, 0.5) is 11.4 Å². The monoisotopic (exact) mass is 439 g/mol. The number of rotatable bonds is 7. The zero-order chi connectivity index (χ0) is 21.9. The number of anilines is 1. The first-order valence-electron chi connectivity index (χ1n) is 10.6. The predicted octanol–water partition coefficient (Wildman–Crippen LogP) is 1.92. The third-order valence-electron chi connectivity index (χ3n) is 5.95. The van der Waals surface area contributed by atoms with Crippen LogP contribution in [-0.2, 0) is 10.0 Å². The Labute approximate surface area is 179 Å². The average molecular weight is 440 g/mol. The van der Waals surface area contributed by atoms with Crippen LogP contribution in [0.2, 0.25) is 0 Å². The molecule has 3 rings (SSSR count). The van der Waals surface area contributed by atoms with Crippen LogP contribution in [0, 0.1) is 22.0 Å². The minimum atomic E-state index is -3.74. The second-order valence-corrected chi connectivity index (χ2v) is 10.7. The van der Waals surface area contributed by atoms with E-state index in [0.29, 0.717) is 50.2 Å². The smallest absolute Gasteiger partial charge is 0.293 e. The van der Waals surface area contributed by atoms with E-state index in [2.05, 4.69) is 29.0 Å². The van der Waals surface area contributed by atoms with Crippen molar-refractivity contribution in [3.8, 4) is 0 Å². The van der Waals surface area contributed by atoms with Crippen molar-refractivity contribution < 1.29 is 13.3 Å². The second-order valence-electron chi connectivity index (χ2n) is 8.78. The van der Waals surface area contributed by atoms with Gasteiger partial charge >= 0.3 is 0 Å². The Morgan fingerprint density at radius 1 is 1.13 bits per heavy atom. The number of hydrogen-bond donors (Lipinski definition) is 1. The summed E-state index contributed by atoms with van der Waals surface area (Å²) >= 11 is 0. The summed E-state index contributed by atoms with van der Waals surface area (Å²) in [5, 5.41) is 14.7. The van der Waals surface area contributed by atoms with E-state index < -0.39 is 14.9 Å². The fraction of sp³-hybridized carbons (Fsp3) is 0.700. The van der Waals surface area contributed by atoms with Crippen LogP contribution in [0.5, 0.6) is 0 Å². The zero-order valence-electron chi connectivity index (χ0n) is 18.1. The molecule has 0 radical (unpaired) electrons. The van der Waals surface area contributed by atoms with Gasteiger partial charge in [0.05, 0.1) is 9.82 Å². The van der Waals surface area contributed by atoms with Gasteiger partial charge in [0.1, 0.15) is 5.69 Å². The van der Waals surface area contributed by atoms with E-state index in [1.165, 1.54) is 28.9 Å². The number of nitrogens with zero attached hydrogens (tertiary/aromatic N) is 4. The standard InChI is InChI=1S/C20H33N5O4S/c1-16-12-17(2)15-23(14-16)7-6-21-19-5-4-18(13-20(19)25(26)27)30(28,29)24-10-8-22(3)9-11-24/h4-5,13,16-17,21H,6-12,14-15H2,1-3H3/t16-,17+. The molecule has 1 aromatic rings. The molecule has 0 aromatic heterocycles. The van der Waals surface area contributed by atoms with E-state index in [-0.39, 0.29) is 10.6 Å². The van der Waals surface area contributed by atoms with E-state index in [0.717, 1.165) is 19.6 Å². The van der Waals surface area contributed by atoms with E-state index in [1.54, 1.807) is 0 Å². The second kappa shape index (κ2) is 9.59. The highest BCUT2D eigenvalue weighted by molar-refractivity contribution is 7.89. The Balaban J connectivity index is 1.68. The lowest BCUT2D eigenvalue weighted by molar-refractivity contribution is -0.384. The summed E-state index contributed by atoms with van der Waals surface area (Å²) in [6, 6.07) is 4.16. The number of nitro groups is 1. The van der Waals surface area contributed by atoms with E-state index in [9.17, 15) is 18.5 Å². The summed E-state index contributed by atoms with van der Waals surface area (Å²) in [6.07, 6.45) is 1.23. The lowest BCUT2D eigenvalue weighted by atomic mass is 9.92. The van der Waals surface area contributed by atoms with Crippen molar-refractivity contribution in [1.29, 1.82) is 0 Å². The van der Waals surface area contributed by atoms with Gasteiger partial charge in [0.15, 0.2) is 0 Å². The molecule has 10 heteroatoms. The summed E-state index contributed by atoms with van der Waals surface area (Å²) in [6.45, 7) is 10.0. The van der Waals surface area contributed by atoms with Crippen LogP contribution in [0.1, 0.15) is 20.3 Å². The number of nitro benzene ring substituents is 1. The van der Waals surface area contributed by atoms with Gasteiger partial charge in [-0.25, -0.2) is 8.42 Å². The van der Waals surface area contributed by atoms with Crippen molar-refractivity contribution in [2.45, 2.75) is 25.2 Å². The highest BCUT2D eigenvalue weighted by Gasteiger charge is 2.29. The number of piperazine rings is 1. The van der Waals surface area contributed by atoms with Gasteiger partial charge in [0.2, 0.25) is 10.0 Å². The molecular formula is C20H33N5O4S. The summed E-state index contributed by atoms with van der Waals surface area (Å²) in [4.78, 5) is 15.5. The van der Waals surface area contributed by atoms with Crippen LogP contribution in [0.25, 0.3) is 0 Å². The fourth-order valence-corrected chi connectivity index (χ4v) is 5.92.